The first-order valence-electron chi connectivity index (χ1n) is 12.4. The fourth-order valence-electron chi connectivity index (χ4n) is 5.18. The van der Waals surface area contributed by atoms with Gasteiger partial charge in [-0.25, -0.2) is 4.79 Å². The minimum Gasteiger partial charge on any atom is -0.339 e. The lowest BCUT2D eigenvalue weighted by molar-refractivity contribution is -0.120. The summed E-state index contributed by atoms with van der Waals surface area (Å²) in [4.78, 5) is 45.4. The van der Waals surface area contributed by atoms with Gasteiger partial charge < -0.3 is 14.7 Å². The fourth-order valence-corrected chi connectivity index (χ4v) is 5.40. The summed E-state index contributed by atoms with van der Waals surface area (Å²) in [5.74, 6) is 1.000. The molecule has 1 N–H and O–H groups in total. The molecule has 1 aromatic rings. The van der Waals surface area contributed by atoms with Crippen molar-refractivity contribution in [2.45, 2.75) is 33.1 Å². The van der Waals surface area contributed by atoms with Gasteiger partial charge in [-0.2, -0.15) is 0 Å². The molecule has 0 radical (unpaired) electrons. The molecule has 3 heterocycles. The Bertz CT molecular complexity index is 908. The topological polar surface area (TPSA) is 76.2 Å². The predicted molar refractivity (Wildman–Crippen MR) is 133 cm³/mol. The van der Waals surface area contributed by atoms with Crippen LogP contribution < -0.4 is 10.2 Å². The van der Waals surface area contributed by atoms with Gasteiger partial charge in [-0.1, -0.05) is 25.4 Å². The number of imide groups is 1. The molecule has 0 unspecified atom stereocenters. The third kappa shape index (κ3) is 6.09. The van der Waals surface area contributed by atoms with Crippen LogP contribution in [-0.4, -0.2) is 91.4 Å². The van der Waals surface area contributed by atoms with Crippen molar-refractivity contribution in [3.8, 4) is 0 Å². The maximum atomic E-state index is 13.2. The Morgan fingerprint density at radius 2 is 1.71 bits per heavy atom. The molecule has 3 aliphatic rings. The van der Waals surface area contributed by atoms with Gasteiger partial charge in [0, 0.05) is 70.9 Å². The first-order valence-corrected chi connectivity index (χ1v) is 12.8. The number of nitrogens with one attached hydrogen (secondary N) is 1. The lowest BCUT2D eigenvalue weighted by atomic mass is 9.95. The van der Waals surface area contributed by atoms with Gasteiger partial charge in [-0.05, 0) is 42.9 Å². The summed E-state index contributed by atoms with van der Waals surface area (Å²) in [6.45, 7) is 13.2. The fraction of sp³-hybridized carbons (Fsp3) is 0.640. The zero-order chi connectivity index (χ0) is 24.2. The number of hydrogen-bond acceptors (Lipinski definition) is 5. The van der Waals surface area contributed by atoms with Crippen LogP contribution in [0.25, 0.3) is 0 Å². The molecular weight excluding hydrogens is 454 g/mol. The molecule has 0 spiro atoms. The number of amides is 4. The third-order valence-electron chi connectivity index (χ3n) is 7.04. The number of piperidine rings is 1. The van der Waals surface area contributed by atoms with Crippen LogP contribution in [0.5, 0.6) is 0 Å². The number of urea groups is 1. The summed E-state index contributed by atoms with van der Waals surface area (Å²) in [5, 5.41) is 2.69. The van der Waals surface area contributed by atoms with E-state index in [-0.39, 0.29) is 24.8 Å². The number of nitrogens with zero attached hydrogens (tertiary/aromatic N) is 4. The van der Waals surface area contributed by atoms with Crippen molar-refractivity contribution >= 4 is 35.1 Å². The van der Waals surface area contributed by atoms with E-state index in [4.69, 9.17) is 11.6 Å². The van der Waals surface area contributed by atoms with Gasteiger partial charge >= 0.3 is 6.03 Å². The van der Waals surface area contributed by atoms with Gasteiger partial charge in [0.1, 0.15) is 0 Å². The van der Waals surface area contributed by atoms with Crippen LogP contribution in [0.15, 0.2) is 18.2 Å². The number of likely N-dealkylation sites (tertiary alicyclic amines) is 1. The summed E-state index contributed by atoms with van der Waals surface area (Å²) < 4.78 is 0. The monoisotopic (exact) mass is 489 g/mol. The molecule has 9 heteroatoms. The van der Waals surface area contributed by atoms with E-state index in [2.05, 4.69) is 29.0 Å². The van der Waals surface area contributed by atoms with E-state index in [1.807, 2.05) is 4.90 Å². The molecule has 186 valence electrons. The smallest absolute Gasteiger partial charge is 0.328 e. The van der Waals surface area contributed by atoms with Crippen molar-refractivity contribution in [2.24, 2.45) is 11.8 Å². The van der Waals surface area contributed by atoms with Gasteiger partial charge in [-0.3, -0.25) is 19.8 Å². The largest absolute Gasteiger partial charge is 0.339 e. The second-order valence-corrected chi connectivity index (χ2v) is 10.6. The Balaban J connectivity index is 1.29. The normalized spacial score (nSPS) is 21.3. The number of carbonyl (C=O) groups is 3. The van der Waals surface area contributed by atoms with Crippen LogP contribution in [0.1, 0.15) is 43.5 Å². The number of carbonyl (C=O) groups excluding carboxylic acids is 3. The molecule has 3 fully saturated rings. The minimum absolute atomic E-state index is 0.0350. The maximum Gasteiger partial charge on any atom is 0.328 e. The molecule has 0 bridgehead atoms. The van der Waals surface area contributed by atoms with Gasteiger partial charge in [0.25, 0.3) is 5.91 Å². The van der Waals surface area contributed by atoms with Gasteiger partial charge in [-0.15, -0.1) is 0 Å². The highest BCUT2D eigenvalue weighted by atomic mass is 35.5. The Morgan fingerprint density at radius 3 is 2.35 bits per heavy atom. The lowest BCUT2D eigenvalue weighted by Gasteiger charge is -2.39. The highest BCUT2D eigenvalue weighted by Crippen LogP contribution is 2.30. The standard InChI is InChI=1S/C25H36ClN5O3/c1-18(2)16-28-11-13-29(14-12-28)17-19-5-8-30(9-6-19)24(33)20-3-4-21(26)22(15-20)31-10-7-23(32)27-25(31)34/h3-4,15,18-19H,5-14,16-17H2,1-2H3,(H,27,32,34). The Morgan fingerprint density at radius 1 is 1.03 bits per heavy atom. The Labute approximate surface area is 207 Å². The zero-order valence-corrected chi connectivity index (χ0v) is 21.0. The molecule has 0 saturated carbocycles. The van der Waals surface area contributed by atoms with Crippen molar-refractivity contribution in [3.63, 3.8) is 0 Å². The van der Waals surface area contributed by atoms with Crippen LogP contribution in [0, 0.1) is 11.8 Å². The molecule has 34 heavy (non-hydrogen) atoms. The first-order chi connectivity index (χ1) is 16.3. The number of piperazine rings is 1. The number of benzene rings is 1. The molecular formula is C25H36ClN5O3. The van der Waals surface area contributed by atoms with Crippen molar-refractivity contribution in [2.75, 3.05) is 63.8 Å². The number of hydrogen-bond donors (Lipinski definition) is 1. The molecule has 0 aromatic heterocycles. The van der Waals surface area contributed by atoms with E-state index in [0.717, 1.165) is 58.7 Å². The zero-order valence-electron chi connectivity index (χ0n) is 20.3. The molecule has 8 nitrogen and oxygen atoms in total. The molecule has 4 amide bonds. The van der Waals surface area contributed by atoms with Crippen LogP contribution >= 0.6 is 11.6 Å². The summed E-state index contributed by atoms with van der Waals surface area (Å²) in [5.41, 5.74) is 0.979. The molecule has 3 saturated heterocycles. The van der Waals surface area contributed by atoms with Crippen molar-refractivity contribution in [3.05, 3.63) is 28.8 Å². The predicted octanol–water partition coefficient (Wildman–Crippen LogP) is 2.91. The molecule has 0 atom stereocenters. The summed E-state index contributed by atoms with van der Waals surface area (Å²) in [6.07, 6.45) is 2.23. The third-order valence-corrected chi connectivity index (χ3v) is 7.36. The van der Waals surface area contributed by atoms with E-state index in [9.17, 15) is 14.4 Å². The highest BCUT2D eigenvalue weighted by molar-refractivity contribution is 6.34. The highest BCUT2D eigenvalue weighted by Gasteiger charge is 2.29. The average Bonchev–Trinajstić information content (AvgIpc) is 2.81. The van der Waals surface area contributed by atoms with E-state index >= 15 is 0 Å². The van der Waals surface area contributed by atoms with Crippen molar-refractivity contribution in [1.82, 2.24) is 20.0 Å². The first kappa shape index (κ1) is 24.9. The van der Waals surface area contributed by atoms with Gasteiger partial charge in [0.05, 0.1) is 10.7 Å². The van der Waals surface area contributed by atoms with E-state index in [1.54, 1.807) is 18.2 Å². The van der Waals surface area contributed by atoms with E-state index in [1.165, 1.54) is 11.4 Å². The minimum atomic E-state index is -0.506. The van der Waals surface area contributed by atoms with Crippen LogP contribution in [0.4, 0.5) is 10.5 Å². The Kier molecular flexibility index (Phi) is 8.11. The van der Waals surface area contributed by atoms with Gasteiger partial charge in [0.15, 0.2) is 0 Å². The number of anilines is 1. The van der Waals surface area contributed by atoms with Crippen molar-refractivity contribution < 1.29 is 14.4 Å². The number of rotatable bonds is 6. The summed E-state index contributed by atoms with van der Waals surface area (Å²) in [7, 11) is 0. The van der Waals surface area contributed by atoms with Crippen LogP contribution in [0.2, 0.25) is 5.02 Å². The quantitative estimate of drug-likeness (QED) is 0.665. The van der Waals surface area contributed by atoms with Crippen molar-refractivity contribution in [1.29, 1.82) is 0 Å². The molecule has 0 aliphatic carbocycles. The number of halogens is 1. The lowest BCUT2D eigenvalue weighted by Crippen LogP contribution is -2.50. The summed E-state index contributed by atoms with van der Waals surface area (Å²) >= 11 is 6.33. The second kappa shape index (κ2) is 11.1. The molecule has 1 aromatic carbocycles. The second-order valence-electron chi connectivity index (χ2n) is 10.2. The van der Waals surface area contributed by atoms with E-state index in [0.29, 0.717) is 28.1 Å². The van der Waals surface area contributed by atoms with Crippen LogP contribution in [-0.2, 0) is 4.79 Å². The summed E-state index contributed by atoms with van der Waals surface area (Å²) in [6, 6.07) is 4.53. The Hall–Kier alpha value is -2.16. The SMILES string of the molecule is CC(C)CN1CCN(CC2CCN(C(=O)c3ccc(Cl)c(N4CCC(=O)NC4=O)c3)CC2)CC1. The van der Waals surface area contributed by atoms with Gasteiger partial charge in [0.2, 0.25) is 5.91 Å². The maximum absolute atomic E-state index is 13.2. The van der Waals surface area contributed by atoms with Crippen LogP contribution in [0.3, 0.4) is 0 Å². The molecule has 4 rings (SSSR count). The molecule has 3 aliphatic heterocycles. The average molecular weight is 490 g/mol. The van der Waals surface area contributed by atoms with E-state index < -0.39 is 6.03 Å².